The van der Waals surface area contributed by atoms with E-state index >= 15 is 0 Å². The zero-order chi connectivity index (χ0) is 21.3. The number of anilines is 2. The van der Waals surface area contributed by atoms with Crippen molar-refractivity contribution in [3.8, 4) is 11.5 Å². The second-order valence-electron chi connectivity index (χ2n) is 7.40. The molecule has 30 heavy (non-hydrogen) atoms. The first-order chi connectivity index (χ1) is 14.5. The highest BCUT2D eigenvalue weighted by molar-refractivity contribution is 5.91. The highest BCUT2D eigenvalue weighted by Gasteiger charge is 2.47. The Labute approximate surface area is 174 Å². The summed E-state index contributed by atoms with van der Waals surface area (Å²) in [4.78, 5) is 23.3. The molecule has 8 heteroatoms. The molecule has 1 saturated carbocycles. The Bertz CT molecular complexity index is 1100. The van der Waals surface area contributed by atoms with Crippen molar-refractivity contribution in [2.24, 2.45) is 0 Å². The molecule has 0 spiro atoms. The molecular formula is C22H24N4O4. The molecule has 1 heterocycles. The standard InChI is InChI=1S/C22H24N4O4/c1-14-23-17-8-5-4-7-16(17)20(24-14)26(2)15-9-10-18(29-3)19(13-15)30-22(11-6-12-22)21(27)25-28/h4-5,7-10,13,28H,6,11-12H2,1-3H3,(H,25,27). The number of carbonyl (C=O) groups is 1. The van der Waals surface area contributed by atoms with E-state index in [1.807, 2.05) is 55.3 Å². The van der Waals surface area contributed by atoms with Crippen LogP contribution in [-0.2, 0) is 4.79 Å². The van der Waals surface area contributed by atoms with E-state index in [0.29, 0.717) is 30.2 Å². The fourth-order valence-corrected chi connectivity index (χ4v) is 3.69. The van der Waals surface area contributed by atoms with Gasteiger partial charge in [0.15, 0.2) is 17.1 Å². The van der Waals surface area contributed by atoms with Crippen LogP contribution < -0.4 is 19.9 Å². The van der Waals surface area contributed by atoms with Crippen molar-refractivity contribution in [1.29, 1.82) is 0 Å². The SMILES string of the molecule is COc1ccc(N(C)c2nc(C)nc3ccccc23)cc1OC1(C(=O)NO)CCC1. The number of rotatable bonds is 6. The molecule has 1 amide bonds. The third-order valence-electron chi connectivity index (χ3n) is 5.53. The van der Waals surface area contributed by atoms with Gasteiger partial charge >= 0.3 is 0 Å². The average Bonchev–Trinajstić information content (AvgIpc) is 2.74. The summed E-state index contributed by atoms with van der Waals surface area (Å²) in [5, 5.41) is 10.1. The predicted molar refractivity (Wildman–Crippen MR) is 112 cm³/mol. The lowest BCUT2D eigenvalue weighted by molar-refractivity contribution is -0.153. The number of hydroxylamine groups is 1. The number of nitrogens with one attached hydrogen (secondary N) is 1. The summed E-state index contributed by atoms with van der Waals surface area (Å²) in [5.41, 5.74) is 2.32. The number of amides is 1. The van der Waals surface area contributed by atoms with Gasteiger partial charge < -0.3 is 14.4 Å². The fourth-order valence-electron chi connectivity index (χ4n) is 3.69. The van der Waals surface area contributed by atoms with Crippen molar-refractivity contribution in [1.82, 2.24) is 15.4 Å². The van der Waals surface area contributed by atoms with Crippen LogP contribution in [-0.4, -0.2) is 40.8 Å². The molecule has 1 aromatic heterocycles. The minimum absolute atomic E-state index is 0.431. The number of fused-ring (bicyclic) bond motifs is 1. The minimum Gasteiger partial charge on any atom is -0.493 e. The second kappa shape index (κ2) is 7.79. The number of ether oxygens (including phenoxy) is 2. The van der Waals surface area contributed by atoms with Crippen molar-refractivity contribution in [3.05, 3.63) is 48.3 Å². The summed E-state index contributed by atoms with van der Waals surface area (Å²) in [6, 6.07) is 13.3. The first-order valence-electron chi connectivity index (χ1n) is 9.76. The summed E-state index contributed by atoms with van der Waals surface area (Å²) >= 11 is 0. The van der Waals surface area contributed by atoms with Gasteiger partial charge in [0.25, 0.3) is 5.91 Å². The molecule has 1 aliphatic carbocycles. The maximum absolute atomic E-state index is 12.2. The smallest absolute Gasteiger partial charge is 0.287 e. The molecule has 0 radical (unpaired) electrons. The van der Waals surface area contributed by atoms with Gasteiger partial charge in [-0.1, -0.05) is 12.1 Å². The number of nitrogens with zero attached hydrogens (tertiary/aromatic N) is 3. The van der Waals surface area contributed by atoms with Crippen molar-refractivity contribution >= 4 is 28.3 Å². The maximum atomic E-state index is 12.2. The number of methoxy groups -OCH3 is 1. The zero-order valence-corrected chi connectivity index (χ0v) is 17.2. The van der Waals surface area contributed by atoms with E-state index in [9.17, 15) is 4.79 Å². The number of hydrogen-bond donors (Lipinski definition) is 2. The van der Waals surface area contributed by atoms with Gasteiger partial charge in [0.1, 0.15) is 11.6 Å². The van der Waals surface area contributed by atoms with E-state index in [2.05, 4.69) is 9.97 Å². The number of aryl methyl sites for hydroxylation is 1. The molecule has 8 nitrogen and oxygen atoms in total. The van der Waals surface area contributed by atoms with Crippen LogP contribution in [0.15, 0.2) is 42.5 Å². The lowest BCUT2D eigenvalue weighted by atomic mass is 9.79. The summed E-state index contributed by atoms with van der Waals surface area (Å²) < 4.78 is 11.5. The third kappa shape index (κ3) is 3.39. The number of benzene rings is 2. The first kappa shape index (κ1) is 19.9. The Morgan fingerprint density at radius 2 is 1.93 bits per heavy atom. The molecule has 1 fully saturated rings. The van der Waals surface area contributed by atoms with Crippen LogP contribution in [0, 0.1) is 6.92 Å². The topological polar surface area (TPSA) is 96.8 Å². The highest BCUT2D eigenvalue weighted by atomic mass is 16.5. The van der Waals surface area contributed by atoms with E-state index < -0.39 is 11.5 Å². The molecule has 4 rings (SSSR count). The molecule has 1 aliphatic rings. The van der Waals surface area contributed by atoms with Crippen LogP contribution in [0.5, 0.6) is 11.5 Å². The van der Waals surface area contributed by atoms with Gasteiger partial charge in [0, 0.05) is 24.2 Å². The van der Waals surface area contributed by atoms with Crippen molar-refractivity contribution < 1.29 is 19.5 Å². The summed E-state index contributed by atoms with van der Waals surface area (Å²) in [6.07, 6.45) is 1.90. The molecule has 2 aromatic carbocycles. The number of aromatic nitrogens is 2. The molecule has 0 saturated heterocycles. The van der Waals surface area contributed by atoms with Crippen molar-refractivity contribution in [2.45, 2.75) is 31.8 Å². The molecule has 0 aliphatic heterocycles. The van der Waals surface area contributed by atoms with Crippen LogP contribution in [0.1, 0.15) is 25.1 Å². The van der Waals surface area contributed by atoms with E-state index in [4.69, 9.17) is 14.7 Å². The highest BCUT2D eigenvalue weighted by Crippen LogP contribution is 2.42. The van der Waals surface area contributed by atoms with Crippen molar-refractivity contribution in [3.63, 3.8) is 0 Å². The molecule has 156 valence electrons. The Balaban J connectivity index is 1.74. The normalized spacial score (nSPS) is 14.7. The number of para-hydroxylation sites is 1. The molecular weight excluding hydrogens is 384 g/mol. The van der Waals surface area contributed by atoms with Crippen LogP contribution in [0.4, 0.5) is 11.5 Å². The van der Waals surface area contributed by atoms with Gasteiger partial charge in [-0.05, 0) is 50.5 Å². The van der Waals surface area contributed by atoms with Crippen LogP contribution in [0.25, 0.3) is 10.9 Å². The monoisotopic (exact) mass is 408 g/mol. The zero-order valence-electron chi connectivity index (χ0n) is 17.2. The van der Waals surface area contributed by atoms with Crippen LogP contribution in [0.2, 0.25) is 0 Å². The van der Waals surface area contributed by atoms with Gasteiger partial charge in [-0.3, -0.25) is 10.0 Å². The Morgan fingerprint density at radius 1 is 1.17 bits per heavy atom. The molecule has 2 N–H and O–H groups in total. The minimum atomic E-state index is -1.09. The Morgan fingerprint density at radius 3 is 2.60 bits per heavy atom. The Hall–Kier alpha value is -3.39. The van der Waals surface area contributed by atoms with Gasteiger partial charge in [0.05, 0.1) is 12.6 Å². The second-order valence-corrected chi connectivity index (χ2v) is 7.40. The number of hydrogen-bond acceptors (Lipinski definition) is 7. The van der Waals surface area contributed by atoms with E-state index in [1.165, 1.54) is 0 Å². The lowest BCUT2D eigenvalue weighted by Crippen LogP contribution is -2.55. The third-order valence-corrected chi connectivity index (χ3v) is 5.53. The first-order valence-corrected chi connectivity index (χ1v) is 9.76. The van der Waals surface area contributed by atoms with E-state index in [0.717, 1.165) is 28.8 Å². The maximum Gasteiger partial charge on any atom is 0.287 e. The summed E-state index contributed by atoms with van der Waals surface area (Å²) in [7, 11) is 3.46. The van der Waals surface area contributed by atoms with Gasteiger partial charge in [-0.2, -0.15) is 0 Å². The van der Waals surface area contributed by atoms with E-state index in [-0.39, 0.29) is 0 Å². The van der Waals surface area contributed by atoms with Gasteiger partial charge in [-0.25, -0.2) is 15.4 Å². The number of carbonyl (C=O) groups excluding carboxylic acids is 1. The van der Waals surface area contributed by atoms with Crippen LogP contribution in [0.3, 0.4) is 0 Å². The quantitative estimate of drug-likeness (QED) is 0.476. The average molecular weight is 408 g/mol. The van der Waals surface area contributed by atoms with Crippen LogP contribution >= 0.6 is 0 Å². The molecule has 3 aromatic rings. The largest absolute Gasteiger partial charge is 0.493 e. The summed E-state index contributed by atoms with van der Waals surface area (Å²) in [6.45, 7) is 1.86. The lowest BCUT2D eigenvalue weighted by Gasteiger charge is -2.39. The van der Waals surface area contributed by atoms with Gasteiger partial charge in [-0.15, -0.1) is 0 Å². The molecule has 0 unspecified atom stereocenters. The Kier molecular flexibility index (Phi) is 5.17. The van der Waals surface area contributed by atoms with Crippen molar-refractivity contribution in [2.75, 3.05) is 19.1 Å². The molecule has 0 atom stereocenters. The summed E-state index contributed by atoms with van der Waals surface area (Å²) in [5.74, 6) is 1.83. The van der Waals surface area contributed by atoms with E-state index in [1.54, 1.807) is 18.7 Å². The fraction of sp³-hybridized carbons (Fsp3) is 0.318. The van der Waals surface area contributed by atoms with Gasteiger partial charge in [0.2, 0.25) is 0 Å². The molecule has 0 bridgehead atoms. The predicted octanol–water partition coefficient (Wildman–Crippen LogP) is 3.52.